The number of rotatable bonds is 3. The lowest BCUT2D eigenvalue weighted by Gasteiger charge is -2.09. The smallest absolute Gasteiger partial charge is 0.320 e. The summed E-state index contributed by atoms with van der Waals surface area (Å²) < 4.78 is 32.0. The summed E-state index contributed by atoms with van der Waals surface area (Å²) >= 11 is 0. The number of nitrogens with zero attached hydrogens (tertiary/aromatic N) is 1. The van der Waals surface area contributed by atoms with E-state index in [0.29, 0.717) is 0 Å². The van der Waals surface area contributed by atoms with Crippen LogP contribution in [0.1, 0.15) is 0 Å². The van der Waals surface area contributed by atoms with Crippen LogP contribution >= 0.6 is 0 Å². The number of para-hydroxylation sites is 1. The Morgan fingerprint density at radius 1 is 1.25 bits per heavy atom. The number of carbonyl (C=O) groups is 1. The molecule has 2 N–H and O–H groups in total. The summed E-state index contributed by atoms with van der Waals surface area (Å²) in [6, 6.07) is 5.71. The van der Waals surface area contributed by atoms with Crippen molar-refractivity contribution in [3.8, 4) is 11.5 Å². The van der Waals surface area contributed by atoms with E-state index in [0.717, 1.165) is 12.1 Å². The number of halogens is 2. The van der Waals surface area contributed by atoms with Crippen LogP contribution in [-0.4, -0.2) is 18.1 Å². The Kier molecular flexibility index (Phi) is 4.09. The molecule has 0 aliphatic heterocycles. The number of aromatic nitrogens is 1. The van der Waals surface area contributed by atoms with Crippen LogP contribution in [0.4, 0.5) is 19.4 Å². The molecule has 5 nitrogen and oxygen atoms in total. The summed E-state index contributed by atoms with van der Waals surface area (Å²) in [6.07, 6.45) is 1.35. The largest absolute Gasteiger partial charge is 0.451 e. The van der Waals surface area contributed by atoms with E-state index >= 15 is 0 Å². The molecule has 1 heterocycles. The van der Waals surface area contributed by atoms with Crippen molar-refractivity contribution in [2.45, 2.75) is 0 Å². The highest BCUT2D eigenvalue weighted by Crippen LogP contribution is 2.27. The Hall–Kier alpha value is -2.70. The first-order valence-corrected chi connectivity index (χ1v) is 5.67. The number of benzene rings is 1. The molecule has 7 heteroatoms. The van der Waals surface area contributed by atoms with Gasteiger partial charge >= 0.3 is 6.03 Å². The van der Waals surface area contributed by atoms with Gasteiger partial charge in [-0.05, 0) is 18.2 Å². The third kappa shape index (κ3) is 3.19. The molecule has 1 aromatic carbocycles. The molecule has 0 saturated carbocycles. The minimum absolute atomic E-state index is 0.149. The summed E-state index contributed by atoms with van der Waals surface area (Å²) in [5.41, 5.74) is 0. The fraction of sp³-hybridized carbons (Fsp3) is 0.0769. The third-order valence-electron chi connectivity index (χ3n) is 2.34. The average molecular weight is 279 g/mol. The van der Waals surface area contributed by atoms with Crippen molar-refractivity contribution >= 4 is 11.8 Å². The number of carbonyl (C=O) groups excluding carboxylic acids is 1. The topological polar surface area (TPSA) is 63.2 Å². The molecule has 2 aromatic rings. The second-order valence-electron chi connectivity index (χ2n) is 3.73. The van der Waals surface area contributed by atoms with Crippen molar-refractivity contribution in [1.82, 2.24) is 10.3 Å². The number of amides is 2. The first-order valence-electron chi connectivity index (χ1n) is 5.67. The van der Waals surface area contributed by atoms with Crippen LogP contribution in [0.15, 0.2) is 36.5 Å². The van der Waals surface area contributed by atoms with E-state index in [1.165, 1.54) is 31.4 Å². The molecule has 2 rings (SSSR count). The molecule has 0 radical (unpaired) electrons. The molecule has 0 bridgehead atoms. The predicted molar refractivity (Wildman–Crippen MR) is 68.7 cm³/mol. The zero-order valence-corrected chi connectivity index (χ0v) is 10.5. The zero-order valence-electron chi connectivity index (χ0n) is 10.5. The zero-order chi connectivity index (χ0) is 14.5. The lowest BCUT2D eigenvalue weighted by molar-refractivity contribution is 0.254. The van der Waals surface area contributed by atoms with Gasteiger partial charge in [0.15, 0.2) is 17.4 Å². The van der Waals surface area contributed by atoms with E-state index in [2.05, 4.69) is 15.6 Å². The third-order valence-corrected chi connectivity index (χ3v) is 2.34. The lowest BCUT2D eigenvalue weighted by Crippen LogP contribution is -2.24. The second-order valence-corrected chi connectivity index (χ2v) is 3.73. The fourth-order valence-electron chi connectivity index (χ4n) is 1.42. The number of hydrogen-bond donors (Lipinski definition) is 2. The van der Waals surface area contributed by atoms with Gasteiger partial charge in [-0.15, -0.1) is 0 Å². The Balaban J connectivity index is 2.22. The van der Waals surface area contributed by atoms with Crippen molar-refractivity contribution in [2.24, 2.45) is 0 Å². The summed E-state index contributed by atoms with van der Waals surface area (Å²) in [4.78, 5) is 15.0. The van der Waals surface area contributed by atoms with E-state index in [1.54, 1.807) is 0 Å². The Labute approximate surface area is 113 Å². The number of pyridine rings is 1. The Bertz CT molecular complexity index is 615. The first-order chi connectivity index (χ1) is 9.60. The summed E-state index contributed by atoms with van der Waals surface area (Å²) in [5, 5.41) is 4.77. The van der Waals surface area contributed by atoms with Crippen molar-refractivity contribution in [1.29, 1.82) is 0 Å². The van der Waals surface area contributed by atoms with Gasteiger partial charge in [0.25, 0.3) is 0 Å². The molecule has 0 aliphatic carbocycles. The van der Waals surface area contributed by atoms with Crippen molar-refractivity contribution < 1.29 is 18.3 Å². The molecule has 0 fully saturated rings. The summed E-state index contributed by atoms with van der Waals surface area (Å²) in [6.45, 7) is 0. The van der Waals surface area contributed by atoms with Gasteiger partial charge in [-0.1, -0.05) is 6.07 Å². The highest BCUT2D eigenvalue weighted by Gasteiger charge is 2.11. The van der Waals surface area contributed by atoms with Gasteiger partial charge in [0, 0.05) is 19.3 Å². The number of ether oxygens (including phenoxy) is 1. The number of anilines is 1. The maximum atomic E-state index is 13.4. The van der Waals surface area contributed by atoms with Crippen LogP contribution < -0.4 is 15.4 Å². The van der Waals surface area contributed by atoms with Crippen LogP contribution in [-0.2, 0) is 0 Å². The van der Waals surface area contributed by atoms with Crippen molar-refractivity contribution in [3.05, 3.63) is 48.2 Å². The van der Waals surface area contributed by atoms with Gasteiger partial charge in [-0.2, -0.15) is 0 Å². The molecule has 0 unspecified atom stereocenters. The minimum Gasteiger partial charge on any atom is -0.451 e. The molecular weight excluding hydrogens is 268 g/mol. The number of nitrogens with one attached hydrogen (secondary N) is 2. The standard InChI is InChI=1S/C13H11F2N3O2/c1-16-13(19)18-11-7-8(5-6-17-11)20-12-9(14)3-2-4-10(12)15/h2-7H,1H3,(H2,16,17,18,19). The van der Waals surface area contributed by atoms with Crippen LogP contribution in [0.3, 0.4) is 0 Å². The van der Waals surface area contributed by atoms with Gasteiger partial charge in [0.2, 0.25) is 0 Å². The maximum absolute atomic E-state index is 13.4. The first kappa shape index (κ1) is 13.7. The van der Waals surface area contributed by atoms with Crippen LogP contribution in [0.5, 0.6) is 11.5 Å². The van der Waals surface area contributed by atoms with E-state index in [1.807, 2.05) is 0 Å². The van der Waals surface area contributed by atoms with E-state index < -0.39 is 23.4 Å². The van der Waals surface area contributed by atoms with E-state index in [9.17, 15) is 13.6 Å². The molecule has 20 heavy (non-hydrogen) atoms. The Morgan fingerprint density at radius 3 is 2.60 bits per heavy atom. The van der Waals surface area contributed by atoms with Crippen LogP contribution in [0, 0.1) is 11.6 Å². The van der Waals surface area contributed by atoms with Gasteiger partial charge in [0.05, 0.1) is 0 Å². The molecule has 1 aromatic heterocycles. The maximum Gasteiger partial charge on any atom is 0.320 e. The average Bonchev–Trinajstić information content (AvgIpc) is 2.43. The monoisotopic (exact) mass is 279 g/mol. The molecule has 0 atom stereocenters. The molecule has 104 valence electrons. The lowest BCUT2D eigenvalue weighted by atomic mass is 10.3. The van der Waals surface area contributed by atoms with Gasteiger partial charge < -0.3 is 10.1 Å². The quantitative estimate of drug-likeness (QED) is 0.908. The molecule has 2 amide bonds. The summed E-state index contributed by atoms with van der Waals surface area (Å²) in [7, 11) is 1.45. The number of urea groups is 1. The molecule has 0 aliphatic rings. The van der Waals surface area contributed by atoms with Gasteiger partial charge in [-0.25, -0.2) is 18.6 Å². The molecular formula is C13H11F2N3O2. The van der Waals surface area contributed by atoms with Crippen LogP contribution in [0.2, 0.25) is 0 Å². The van der Waals surface area contributed by atoms with Gasteiger partial charge in [0.1, 0.15) is 11.6 Å². The van der Waals surface area contributed by atoms with E-state index in [-0.39, 0.29) is 11.6 Å². The number of hydrogen-bond acceptors (Lipinski definition) is 3. The Morgan fingerprint density at radius 2 is 1.95 bits per heavy atom. The minimum atomic E-state index is -0.817. The highest BCUT2D eigenvalue weighted by molar-refractivity contribution is 5.88. The summed E-state index contributed by atoms with van der Waals surface area (Å²) in [5.74, 6) is -1.80. The normalized spacial score (nSPS) is 9.95. The van der Waals surface area contributed by atoms with E-state index in [4.69, 9.17) is 4.74 Å². The molecule has 0 spiro atoms. The van der Waals surface area contributed by atoms with Gasteiger partial charge in [-0.3, -0.25) is 5.32 Å². The van der Waals surface area contributed by atoms with Crippen LogP contribution in [0.25, 0.3) is 0 Å². The highest BCUT2D eigenvalue weighted by atomic mass is 19.1. The fourth-order valence-corrected chi connectivity index (χ4v) is 1.42. The SMILES string of the molecule is CNC(=O)Nc1cc(Oc2c(F)cccc2F)ccn1. The predicted octanol–water partition coefficient (Wildman–Crippen LogP) is 2.90. The van der Waals surface area contributed by atoms with Crippen molar-refractivity contribution in [3.63, 3.8) is 0 Å². The molecule has 0 saturated heterocycles. The second kappa shape index (κ2) is 5.96. The van der Waals surface area contributed by atoms with Crippen molar-refractivity contribution in [2.75, 3.05) is 12.4 Å².